The monoisotopic (exact) mass is 574 g/mol. The normalized spacial score (nSPS) is 16.0. The van der Waals surface area contributed by atoms with E-state index in [-0.39, 0.29) is 43.3 Å². The largest absolute Gasteiger partial charge is 0.463 e. The molecule has 0 aromatic heterocycles. The molecule has 0 radical (unpaired) electrons. The number of hydrogen-bond acceptors (Lipinski definition) is 5. The average Bonchev–Trinajstić information content (AvgIpc) is 3.47. The molecule has 0 saturated heterocycles. The van der Waals surface area contributed by atoms with Gasteiger partial charge in [-0.3, -0.25) is 14.4 Å². The van der Waals surface area contributed by atoms with Crippen molar-refractivity contribution in [1.29, 1.82) is 0 Å². The summed E-state index contributed by atoms with van der Waals surface area (Å²) >= 11 is 0. The number of aliphatic hydroxyl groups excluding tert-OH is 1. The van der Waals surface area contributed by atoms with Crippen molar-refractivity contribution >= 4 is 17.8 Å². The minimum Gasteiger partial charge on any atom is -0.463 e. The van der Waals surface area contributed by atoms with Crippen LogP contribution >= 0.6 is 0 Å². The summed E-state index contributed by atoms with van der Waals surface area (Å²) in [5, 5.41) is 15.9. The fourth-order valence-electron chi connectivity index (χ4n) is 5.62. The lowest BCUT2D eigenvalue weighted by Crippen LogP contribution is -2.50. The highest BCUT2D eigenvalue weighted by Crippen LogP contribution is 2.29. The van der Waals surface area contributed by atoms with E-state index in [1.54, 1.807) is 12.2 Å². The summed E-state index contributed by atoms with van der Waals surface area (Å²) < 4.78 is 5.83. The summed E-state index contributed by atoms with van der Waals surface area (Å²) in [5.74, 6) is -1.82. The molecule has 0 unspecified atom stereocenters. The van der Waals surface area contributed by atoms with Gasteiger partial charge < -0.3 is 20.5 Å². The fourth-order valence-corrected chi connectivity index (χ4v) is 5.62. The first kappa shape index (κ1) is 32.8. The molecule has 1 saturated carbocycles. The van der Waals surface area contributed by atoms with E-state index in [2.05, 4.69) is 23.8 Å². The van der Waals surface area contributed by atoms with E-state index in [0.29, 0.717) is 32.1 Å². The Morgan fingerprint density at radius 3 is 2.10 bits per heavy atom. The number of benzene rings is 2. The molecule has 3 rings (SSSR count). The topological polar surface area (TPSA) is 105 Å². The molecule has 0 bridgehead atoms. The van der Waals surface area contributed by atoms with Gasteiger partial charge in [0, 0.05) is 6.42 Å². The number of allylic oxidation sites excluding steroid dienone is 2. The number of aliphatic hydroxyl groups is 1. The van der Waals surface area contributed by atoms with Gasteiger partial charge in [0.25, 0.3) is 0 Å². The lowest BCUT2D eigenvalue weighted by molar-refractivity contribution is -0.150. The Morgan fingerprint density at radius 1 is 0.905 bits per heavy atom. The Morgan fingerprint density at radius 2 is 1.52 bits per heavy atom. The van der Waals surface area contributed by atoms with Crippen molar-refractivity contribution < 1.29 is 24.2 Å². The molecule has 1 aliphatic carbocycles. The third-order valence-electron chi connectivity index (χ3n) is 8.00. The van der Waals surface area contributed by atoms with E-state index in [4.69, 9.17) is 4.74 Å². The molecular formula is C35H46N2O5. The standard InChI is InChI=1S/C35H46N2O5/c1-3-5-19-30(22-27-15-8-6-9-16-27)34(41)42-25-31(23-28-17-10-7-11-18-28)36-33(40)29(14-4-2)24-32(39)37-35(26-38)20-12-13-21-35/h3-4,6-11,15-18,29-31,38H,1-2,5,12-14,19-26H2,(H,36,40)(H,37,39)/t29-,30-,31+/m1/s1. The summed E-state index contributed by atoms with van der Waals surface area (Å²) in [7, 11) is 0. The summed E-state index contributed by atoms with van der Waals surface area (Å²) in [6, 6.07) is 19.1. The second-order valence-electron chi connectivity index (χ2n) is 11.4. The van der Waals surface area contributed by atoms with Gasteiger partial charge in [0.15, 0.2) is 0 Å². The van der Waals surface area contributed by atoms with E-state index in [0.717, 1.165) is 36.8 Å². The molecule has 2 amide bonds. The molecule has 0 aliphatic heterocycles. The molecule has 0 heterocycles. The molecule has 0 spiro atoms. The third kappa shape index (κ3) is 10.6. The number of carbonyl (C=O) groups is 3. The summed E-state index contributed by atoms with van der Waals surface area (Å²) in [6.45, 7) is 7.48. The smallest absolute Gasteiger partial charge is 0.309 e. The quantitative estimate of drug-likeness (QED) is 0.170. The van der Waals surface area contributed by atoms with Gasteiger partial charge in [0.1, 0.15) is 6.61 Å². The van der Waals surface area contributed by atoms with Crippen molar-refractivity contribution in [3.05, 3.63) is 97.1 Å². The van der Waals surface area contributed by atoms with Crippen LogP contribution in [0.3, 0.4) is 0 Å². The zero-order valence-electron chi connectivity index (χ0n) is 24.6. The predicted molar refractivity (Wildman–Crippen MR) is 165 cm³/mol. The number of amides is 2. The van der Waals surface area contributed by atoms with E-state index < -0.39 is 17.5 Å². The SMILES string of the molecule is C=CCC[C@H](Cc1ccccc1)C(=O)OC[C@H](Cc1ccccc1)NC(=O)[C@H](CC=C)CC(=O)NC1(CO)CCCC1. The molecule has 7 heteroatoms. The molecule has 1 aliphatic rings. The number of ether oxygens (including phenoxy) is 1. The van der Waals surface area contributed by atoms with Gasteiger partial charge in [0.2, 0.25) is 11.8 Å². The van der Waals surface area contributed by atoms with Crippen molar-refractivity contribution in [2.24, 2.45) is 11.8 Å². The molecule has 7 nitrogen and oxygen atoms in total. The molecular weight excluding hydrogens is 528 g/mol. The minimum atomic E-state index is -0.632. The van der Waals surface area contributed by atoms with Crippen LogP contribution in [-0.2, 0) is 32.0 Å². The Kier molecular flexibility index (Phi) is 13.5. The van der Waals surface area contributed by atoms with E-state index in [9.17, 15) is 19.5 Å². The molecule has 3 atom stereocenters. The number of hydrogen-bond donors (Lipinski definition) is 3. The van der Waals surface area contributed by atoms with Crippen LogP contribution < -0.4 is 10.6 Å². The van der Waals surface area contributed by atoms with Gasteiger partial charge in [-0.05, 0) is 56.1 Å². The Bertz CT molecular complexity index is 1140. The maximum Gasteiger partial charge on any atom is 0.309 e. The van der Waals surface area contributed by atoms with Crippen molar-refractivity contribution in [2.45, 2.75) is 75.8 Å². The van der Waals surface area contributed by atoms with Gasteiger partial charge in [-0.1, -0.05) is 85.7 Å². The van der Waals surface area contributed by atoms with Crippen LogP contribution in [-0.4, -0.2) is 47.7 Å². The Hall–Kier alpha value is -3.71. The predicted octanol–water partition coefficient (Wildman–Crippen LogP) is 5.09. The van der Waals surface area contributed by atoms with E-state index in [1.807, 2.05) is 60.7 Å². The lowest BCUT2D eigenvalue weighted by Gasteiger charge is -2.29. The highest BCUT2D eigenvalue weighted by Gasteiger charge is 2.35. The molecule has 1 fully saturated rings. The van der Waals surface area contributed by atoms with Crippen molar-refractivity contribution in [3.63, 3.8) is 0 Å². The van der Waals surface area contributed by atoms with Crippen LogP contribution in [0.1, 0.15) is 62.5 Å². The molecule has 2 aromatic rings. The van der Waals surface area contributed by atoms with Gasteiger partial charge in [-0.2, -0.15) is 0 Å². The second kappa shape index (κ2) is 17.3. The zero-order valence-corrected chi connectivity index (χ0v) is 24.6. The highest BCUT2D eigenvalue weighted by molar-refractivity contribution is 5.86. The average molecular weight is 575 g/mol. The van der Waals surface area contributed by atoms with Crippen molar-refractivity contribution in [2.75, 3.05) is 13.2 Å². The lowest BCUT2D eigenvalue weighted by atomic mass is 9.94. The number of carbonyl (C=O) groups excluding carboxylic acids is 3. The first-order valence-corrected chi connectivity index (χ1v) is 15.1. The summed E-state index contributed by atoms with van der Waals surface area (Å²) in [6.07, 6.45) is 9.47. The molecule has 42 heavy (non-hydrogen) atoms. The number of esters is 1. The highest BCUT2D eigenvalue weighted by atomic mass is 16.5. The van der Waals surface area contributed by atoms with Gasteiger partial charge in [0.05, 0.1) is 30.0 Å². The van der Waals surface area contributed by atoms with Crippen LogP contribution in [0.15, 0.2) is 86.0 Å². The van der Waals surface area contributed by atoms with Gasteiger partial charge in [-0.25, -0.2) is 0 Å². The summed E-state index contributed by atoms with van der Waals surface area (Å²) in [4.78, 5) is 39.7. The van der Waals surface area contributed by atoms with Crippen LogP contribution in [0.5, 0.6) is 0 Å². The molecule has 226 valence electrons. The van der Waals surface area contributed by atoms with Crippen LogP contribution in [0, 0.1) is 11.8 Å². The van der Waals surface area contributed by atoms with Crippen LogP contribution in [0.4, 0.5) is 0 Å². The molecule has 3 N–H and O–H groups in total. The molecule has 2 aromatic carbocycles. The first-order chi connectivity index (χ1) is 20.4. The second-order valence-corrected chi connectivity index (χ2v) is 11.4. The van der Waals surface area contributed by atoms with Crippen molar-refractivity contribution in [3.8, 4) is 0 Å². The number of rotatable bonds is 18. The zero-order chi connectivity index (χ0) is 30.2. The maximum atomic E-state index is 13.5. The van der Waals surface area contributed by atoms with Gasteiger partial charge >= 0.3 is 5.97 Å². The third-order valence-corrected chi connectivity index (χ3v) is 8.00. The maximum absolute atomic E-state index is 13.5. The van der Waals surface area contributed by atoms with Crippen LogP contribution in [0.25, 0.3) is 0 Å². The Balaban J connectivity index is 1.67. The number of nitrogens with one attached hydrogen (secondary N) is 2. The first-order valence-electron chi connectivity index (χ1n) is 15.1. The summed E-state index contributed by atoms with van der Waals surface area (Å²) in [5.41, 5.74) is 1.46. The van der Waals surface area contributed by atoms with Gasteiger partial charge in [-0.15, -0.1) is 13.2 Å². The minimum absolute atomic E-state index is 0.0134. The van der Waals surface area contributed by atoms with E-state index >= 15 is 0 Å². The Labute approximate surface area is 250 Å². The fraction of sp³-hybridized carbons (Fsp3) is 0.457. The van der Waals surface area contributed by atoms with Crippen LogP contribution in [0.2, 0.25) is 0 Å². The van der Waals surface area contributed by atoms with Crippen molar-refractivity contribution in [1.82, 2.24) is 10.6 Å². The van der Waals surface area contributed by atoms with E-state index in [1.165, 1.54) is 0 Å².